The van der Waals surface area contributed by atoms with Crippen molar-refractivity contribution in [3.8, 4) is 10.6 Å². The van der Waals surface area contributed by atoms with E-state index in [4.69, 9.17) is 4.42 Å². The van der Waals surface area contributed by atoms with Crippen LogP contribution < -0.4 is 5.32 Å². The average Bonchev–Trinajstić information content (AvgIpc) is 3.13. The summed E-state index contributed by atoms with van der Waals surface area (Å²) >= 11 is 1.75. The van der Waals surface area contributed by atoms with Gasteiger partial charge in [-0.2, -0.15) is 0 Å². The largest absolute Gasteiger partial charge is 0.440 e. The van der Waals surface area contributed by atoms with E-state index in [1.807, 2.05) is 6.20 Å². The number of rotatable bonds is 7. The number of fused-ring (bicyclic) bond motifs is 1. The molecule has 0 atom stereocenters. The van der Waals surface area contributed by atoms with Crippen LogP contribution in [0.3, 0.4) is 0 Å². The van der Waals surface area contributed by atoms with Gasteiger partial charge in [-0.15, -0.1) is 11.3 Å². The van der Waals surface area contributed by atoms with Gasteiger partial charge in [-0.1, -0.05) is 25.1 Å². The van der Waals surface area contributed by atoms with Gasteiger partial charge in [-0.3, -0.25) is 0 Å². The minimum absolute atomic E-state index is 0.834. The fourth-order valence-electron chi connectivity index (χ4n) is 2.31. The second-order valence-corrected chi connectivity index (χ2v) is 6.20. The Balaban J connectivity index is 1.64. The molecule has 3 rings (SSSR count). The van der Waals surface area contributed by atoms with Gasteiger partial charge in [0.25, 0.3) is 0 Å². The highest BCUT2D eigenvalue weighted by Crippen LogP contribution is 2.33. The lowest BCUT2D eigenvalue weighted by Crippen LogP contribution is -2.16. The van der Waals surface area contributed by atoms with Crippen LogP contribution in [0.1, 0.15) is 25.7 Å². The third kappa shape index (κ3) is 3.52. The molecule has 21 heavy (non-hydrogen) atoms. The maximum absolute atomic E-state index is 5.88. The zero-order valence-corrected chi connectivity index (χ0v) is 13.1. The molecule has 0 radical (unpaired) electrons. The second-order valence-electron chi connectivity index (χ2n) is 5.12. The van der Waals surface area contributed by atoms with E-state index in [1.165, 1.54) is 16.5 Å². The molecule has 0 saturated heterocycles. The van der Waals surface area contributed by atoms with Gasteiger partial charge in [0.05, 0.1) is 11.1 Å². The van der Waals surface area contributed by atoms with Gasteiger partial charge in [0.1, 0.15) is 0 Å². The molecule has 3 nitrogen and oxygen atoms in total. The fourth-order valence-corrected chi connectivity index (χ4v) is 3.32. The normalized spacial score (nSPS) is 11.3. The van der Waals surface area contributed by atoms with Crippen LogP contribution in [-0.4, -0.2) is 18.1 Å². The number of nitrogens with one attached hydrogen (secondary N) is 1. The van der Waals surface area contributed by atoms with Crippen molar-refractivity contribution in [1.29, 1.82) is 0 Å². The molecular formula is C17H20N2OS. The summed E-state index contributed by atoms with van der Waals surface area (Å²) in [5.41, 5.74) is 0. The first-order valence-corrected chi connectivity index (χ1v) is 8.33. The maximum atomic E-state index is 5.88. The number of nitrogens with zero attached hydrogens (tertiary/aromatic N) is 1. The zero-order chi connectivity index (χ0) is 14.5. The molecule has 2 heterocycles. The molecule has 0 saturated carbocycles. The molecular weight excluding hydrogens is 280 g/mol. The average molecular weight is 300 g/mol. The summed E-state index contributed by atoms with van der Waals surface area (Å²) in [6, 6.07) is 10.6. The Bertz CT molecular complexity index is 668. The number of benzene rings is 1. The van der Waals surface area contributed by atoms with Gasteiger partial charge in [0, 0.05) is 11.1 Å². The Morgan fingerprint density at radius 1 is 1.24 bits per heavy atom. The van der Waals surface area contributed by atoms with E-state index in [0.29, 0.717) is 0 Å². The van der Waals surface area contributed by atoms with E-state index >= 15 is 0 Å². The van der Waals surface area contributed by atoms with Crippen LogP contribution in [0.25, 0.3) is 20.7 Å². The topological polar surface area (TPSA) is 38.1 Å². The summed E-state index contributed by atoms with van der Waals surface area (Å²) < 4.78 is 7.16. The van der Waals surface area contributed by atoms with Crippen molar-refractivity contribution in [2.75, 3.05) is 13.1 Å². The van der Waals surface area contributed by atoms with Crippen molar-refractivity contribution in [3.63, 3.8) is 0 Å². The van der Waals surface area contributed by atoms with Gasteiger partial charge >= 0.3 is 0 Å². The Kier molecular flexibility index (Phi) is 4.68. The first-order chi connectivity index (χ1) is 10.4. The number of hydrogen-bond donors (Lipinski definition) is 1. The summed E-state index contributed by atoms with van der Waals surface area (Å²) in [6.07, 6.45) is 4.97. The van der Waals surface area contributed by atoms with Gasteiger partial charge in [-0.05, 0) is 43.5 Å². The summed E-state index contributed by atoms with van der Waals surface area (Å²) in [6.45, 7) is 4.28. The molecule has 0 amide bonds. The van der Waals surface area contributed by atoms with Crippen molar-refractivity contribution >= 4 is 21.4 Å². The van der Waals surface area contributed by atoms with Crippen LogP contribution in [0.15, 0.2) is 40.9 Å². The molecule has 3 aromatic rings. The molecule has 4 heteroatoms. The zero-order valence-electron chi connectivity index (χ0n) is 12.3. The van der Waals surface area contributed by atoms with Crippen LogP contribution >= 0.6 is 11.3 Å². The van der Waals surface area contributed by atoms with E-state index in [1.54, 1.807) is 11.3 Å². The quantitative estimate of drug-likeness (QED) is 0.653. The smallest absolute Gasteiger partial charge is 0.194 e. The van der Waals surface area contributed by atoms with Crippen LogP contribution in [0.4, 0.5) is 0 Å². The third-order valence-electron chi connectivity index (χ3n) is 3.39. The third-order valence-corrected chi connectivity index (χ3v) is 4.52. The van der Waals surface area contributed by atoms with Crippen LogP contribution in [0, 0.1) is 0 Å². The lowest BCUT2D eigenvalue weighted by atomic mass is 10.2. The van der Waals surface area contributed by atoms with Crippen molar-refractivity contribution in [3.05, 3.63) is 42.4 Å². The minimum Gasteiger partial charge on any atom is -0.440 e. The van der Waals surface area contributed by atoms with Crippen LogP contribution in [0.5, 0.6) is 0 Å². The van der Waals surface area contributed by atoms with E-state index in [9.17, 15) is 0 Å². The lowest BCUT2D eigenvalue weighted by molar-refractivity contribution is 0.492. The highest BCUT2D eigenvalue weighted by molar-refractivity contribution is 7.22. The highest BCUT2D eigenvalue weighted by atomic mass is 32.1. The number of oxazole rings is 1. The summed E-state index contributed by atoms with van der Waals surface area (Å²) in [7, 11) is 0. The lowest BCUT2D eigenvalue weighted by Gasteiger charge is -2.00. The molecule has 0 fully saturated rings. The van der Waals surface area contributed by atoms with E-state index < -0.39 is 0 Å². The number of hydrogen-bond acceptors (Lipinski definition) is 4. The van der Waals surface area contributed by atoms with E-state index in [-0.39, 0.29) is 0 Å². The Morgan fingerprint density at radius 2 is 2.14 bits per heavy atom. The Labute approximate surface area is 129 Å². The molecule has 0 unspecified atom stereocenters. The molecule has 1 aromatic carbocycles. The number of aryl methyl sites for hydroxylation is 1. The Morgan fingerprint density at radius 3 is 3.00 bits per heavy atom. The second kappa shape index (κ2) is 6.87. The summed E-state index contributed by atoms with van der Waals surface area (Å²) in [5.74, 6) is 1.72. The predicted molar refractivity (Wildman–Crippen MR) is 88.8 cm³/mol. The van der Waals surface area contributed by atoms with Crippen molar-refractivity contribution in [1.82, 2.24) is 10.3 Å². The van der Waals surface area contributed by atoms with Gasteiger partial charge in [0.15, 0.2) is 11.7 Å². The van der Waals surface area contributed by atoms with Crippen molar-refractivity contribution in [2.24, 2.45) is 0 Å². The monoisotopic (exact) mass is 300 g/mol. The molecule has 0 aliphatic carbocycles. The summed E-state index contributed by atoms with van der Waals surface area (Å²) in [4.78, 5) is 5.54. The van der Waals surface area contributed by atoms with Gasteiger partial charge in [0.2, 0.25) is 0 Å². The molecule has 0 spiro atoms. The molecule has 2 aromatic heterocycles. The maximum Gasteiger partial charge on any atom is 0.194 e. The Hall–Kier alpha value is -1.65. The highest BCUT2D eigenvalue weighted by Gasteiger charge is 2.09. The molecule has 0 aliphatic heterocycles. The van der Waals surface area contributed by atoms with Gasteiger partial charge < -0.3 is 9.73 Å². The predicted octanol–water partition coefficient (Wildman–Crippen LogP) is 4.49. The molecule has 1 N–H and O–H groups in total. The molecule has 0 aliphatic rings. The van der Waals surface area contributed by atoms with E-state index in [0.717, 1.165) is 42.5 Å². The minimum atomic E-state index is 0.834. The first kappa shape index (κ1) is 14.3. The molecule has 110 valence electrons. The number of aromatic nitrogens is 1. The van der Waals surface area contributed by atoms with E-state index in [2.05, 4.69) is 47.6 Å². The van der Waals surface area contributed by atoms with Crippen LogP contribution in [-0.2, 0) is 6.42 Å². The first-order valence-electron chi connectivity index (χ1n) is 7.51. The summed E-state index contributed by atoms with van der Waals surface area (Å²) in [5, 5.41) is 4.66. The van der Waals surface area contributed by atoms with Gasteiger partial charge in [-0.25, -0.2) is 4.98 Å². The fraction of sp³-hybridized carbons (Fsp3) is 0.353. The van der Waals surface area contributed by atoms with Crippen molar-refractivity contribution < 1.29 is 4.42 Å². The molecule has 0 bridgehead atoms. The SMILES string of the molecule is CCCNCCCc1ncc(-c2cc3ccccc3s2)o1. The number of thiophene rings is 1. The van der Waals surface area contributed by atoms with Crippen LogP contribution in [0.2, 0.25) is 0 Å². The van der Waals surface area contributed by atoms with Crippen molar-refractivity contribution in [2.45, 2.75) is 26.2 Å². The standard InChI is InChI=1S/C17H20N2OS/c1-2-9-18-10-5-8-17-19-12-14(20-17)16-11-13-6-3-4-7-15(13)21-16/h3-4,6-7,11-12,18H,2,5,8-10H2,1H3.